The van der Waals surface area contributed by atoms with Gasteiger partial charge in [0.2, 0.25) is 0 Å². The van der Waals surface area contributed by atoms with Gasteiger partial charge in [0.25, 0.3) is 0 Å². The number of ether oxygens (including phenoxy) is 2. The minimum atomic E-state index is -0.0570. The lowest BCUT2D eigenvalue weighted by atomic mass is 10.1. The Labute approximate surface area is 97.0 Å². The highest BCUT2D eigenvalue weighted by atomic mass is 16.5. The highest BCUT2D eigenvalue weighted by Gasteiger charge is 2.13. The second-order valence-corrected chi connectivity index (χ2v) is 3.41. The summed E-state index contributed by atoms with van der Waals surface area (Å²) in [5.74, 6) is 1.49. The topological polar surface area (TPSA) is 38.7 Å². The van der Waals surface area contributed by atoms with E-state index in [-0.39, 0.29) is 6.61 Å². The van der Waals surface area contributed by atoms with Gasteiger partial charge in [0.05, 0.1) is 25.4 Å². The lowest BCUT2D eigenvalue weighted by Crippen LogP contribution is -2.04. The molecule has 90 valence electrons. The molecule has 1 aromatic rings. The van der Waals surface area contributed by atoms with E-state index in [1.807, 2.05) is 26.0 Å². The van der Waals surface area contributed by atoms with E-state index in [9.17, 15) is 5.11 Å². The zero-order valence-corrected chi connectivity index (χ0v) is 10.2. The molecule has 0 saturated carbocycles. The average molecular weight is 224 g/mol. The van der Waals surface area contributed by atoms with Crippen LogP contribution in [0.5, 0.6) is 11.5 Å². The summed E-state index contributed by atoms with van der Waals surface area (Å²) in [4.78, 5) is 0. The Bertz CT molecular complexity index is 334. The molecule has 0 aliphatic rings. The third-order valence-corrected chi connectivity index (χ3v) is 2.43. The van der Waals surface area contributed by atoms with Crippen LogP contribution >= 0.6 is 0 Å². The van der Waals surface area contributed by atoms with Crippen molar-refractivity contribution in [2.75, 3.05) is 13.2 Å². The van der Waals surface area contributed by atoms with Gasteiger partial charge in [0.15, 0.2) is 0 Å². The minimum absolute atomic E-state index is 0.0570. The monoisotopic (exact) mass is 224 g/mol. The Morgan fingerprint density at radius 1 is 1.06 bits per heavy atom. The molecule has 0 heterocycles. The first-order valence-electron chi connectivity index (χ1n) is 5.79. The molecule has 0 unspecified atom stereocenters. The molecular weight excluding hydrogens is 204 g/mol. The van der Waals surface area contributed by atoms with Crippen LogP contribution in [0.4, 0.5) is 0 Å². The minimum Gasteiger partial charge on any atom is -0.493 e. The van der Waals surface area contributed by atoms with E-state index in [1.54, 1.807) is 0 Å². The fourth-order valence-corrected chi connectivity index (χ4v) is 1.70. The largest absolute Gasteiger partial charge is 0.493 e. The molecule has 0 aliphatic heterocycles. The number of aryl methyl sites for hydroxylation is 1. The number of hydrogen-bond donors (Lipinski definition) is 1. The van der Waals surface area contributed by atoms with E-state index in [0.717, 1.165) is 23.3 Å². The first-order valence-corrected chi connectivity index (χ1v) is 5.79. The van der Waals surface area contributed by atoms with E-state index in [0.29, 0.717) is 19.0 Å². The molecule has 1 rings (SSSR count). The molecular formula is C13H20O3. The van der Waals surface area contributed by atoms with Crippen LogP contribution in [0.15, 0.2) is 12.1 Å². The fourth-order valence-electron chi connectivity index (χ4n) is 1.70. The summed E-state index contributed by atoms with van der Waals surface area (Å²) in [7, 11) is 0. The molecule has 3 nitrogen and oxygen atoms in total. The van der Waals surface area contributed by atoms with Crippen molar-refractivity contribution in [2.24, 2.45) is 0 Å². The van der Waals surface area contributed by atoms with Gasteiger partial charge < -0.3 is 14.6 Å². The maximum absolute atomic E-state index is 9.41. The summed E-state index contributed by atoms with van der Waals surface area (Å²) in [6.45, 7) is 7.06. The summed E-state index contributed by atoms with van der Waals surface area (Å²) < 4.78 is 11.1. The average Bonchev–Trinajstić information content (AvgIpc) is 2.30. The van der Waals surface area contributed by atoms with Crippen molar-refractivity contribution in [1.82, 2.24) is 0 Å². The Morgan fingerprint density at radius 3 is 2.25 bits per heavy atom. The van der Waals surface area contributed by atoms with E-state index in [4.69, 9.17) is 9.47 Å². The van der Waals surface area contributed by atoms with Gasteiger partial charge in [-0.15, -0.1) is 0 Å². The number of aliphatic hydroxyl groups is 1. The van der Waals surface area contributed by atoms with Crippen molar-refractivity contribution >= 4 is 0 Å². The van der Waals surface area contributed by atoms with Crippen molar-refractivity contribution in [1.29, 1.82) is 0 Å². The molecule has 0 spiro atoms. The molecule has 0 aromatic heterocycles. The predicted octanol–water partition coefficient (Wildman–Crippen LogP) is 2.54. The summed E-state index contributed by atoms with van der Waals surface area (Å²) in [6, 6.07) is 3.89. The van der Waals surface area contributed by atoms with Crippen molar-refractivity contribution in [3.63, 3.8) is 0 Å². The van der Waals surface area contributed by atoms with Crippen LogP contribution in [-0.4, -0.2) is 18.3 Å². The Kier molecular flexibility index (Phi) is 5.12. The number of benzene rings is 1. The van der Waals surface area contributed by atoms with Crippen LogP contribution < -0.4 is 9.47 Å². The summed E-state index contributed by atoms with van der Waals surface area (Å²) in [5, 5.41) is 9.41. The number of aliphatic hydroxyl groups excluding tert-OH is 1. The summed E-state index contributed by atoms with van der Waals surface area (Å²) in [6.07, 6.45) is 0.884. The van der Waals surface area contributed by atoms with Gasteiger partial charge in [0, 0.05) is 0 Å². The molecule has 1 N–H and O–H groups in total. The molecule has 1 aromatic carbocycles. The molecule has 0 amide bonds. The molecule has 0 radical (unpaired) electrons. The van der Waals surface area contributed by atoms with Gasteiger partial charge >= 0.3 is 0 Å². The fraction of sp³-hybridized carbons (Fsp3) is 0.538. The van der Waals surface area contributed by atoms with Crippen molar-refractivity contribution in [2.45, 2.75) is 33.8 Å². The van der Waals surface area contributed by atoms with Gasteiger partial charge in [-0.25, -0.2) is 0 Å². The first-order chi connectivity index (χ1) is 7.78. The van der Waals surface area contributed by atoms with E-state index < -0.39 is 0 Å². The molecule has 0 bridgehead atoms. The first kappa shape index (κ1) is 12.8. The molecule has 0 atom stereocenters. The summed E-state index contributed by atoms with van der Waals surface area (Å²) >= 11 is 0. The van der Waals surface area contributed by atoms with Gasteiger partial charge in [0.1, 0.15) is 11.5 Å². The number of hydrogen-bond acceptors (Lipinski definition) is 3. The van der Waals surface area contributed by atoms with Crippen molar-refractivity contribution < 1.29 is 14.6 Å². The van der Waals surface area contributed by atoms with Gasteiger partial charge in [-0.2, -0.15) is 0 Å². The lowest BCUT2D eigenvalue weighted by molar-refractivity contribution is 0.252. The van der Waals surface area contributed by atoms with E-state index in [1.165, 1.54) is 0 Å². The Balaban J connectivity index is 3.19. The van der Waals surface area contributed by atoms with Crippen molar-refractivity contribution in [3.05, 3.63) is 23.3 Å². The van der Waals surface area contributed by atoms with E-state index >= 15 is 0 Å². The second kappa shape index (κ2) is 6.38. The zero-order chi connectivity index (χ0) is 12.0. The van der Waals surface area contributed by atoms with Crippen LogP contribution in [0.25, 0.3) is 0 Å². The SMILES string of the molecule is CCOc1ccc(CC)c(OCC)c1CO. The quantitative estimate of drug-likeness (QED) is 0.807. The van der Waals surface area contributed by atoms with Crippen LogP contribution in [0.2, 0.25) is 0 Å². The lowest BCUT2D eigenvalue weighted by Gasteiger charge is -2.16. The molecule has 0 fully saturated rings. The molecule has 0 saturated heterocycles. The number of rotatable bonds is 6. The third kappa shape index (κ3) is 2.67. The van der Waals surface area contributed by atoms with Crippen molar-refractivity contribution in [3.8, 4) is 11.5 Å². The maximum Gasteiger partial charge on any atom is 0.131 e. The van der Waals surface area contributed by atoms with Gasteiger partial charge in [-0.1, -0.05) is 13.0 Å². The molecule has 3 heteroatoms. The predicted molar refractivity (Wildman–Crippen MR) is 64.1 cm³/mol. The highest BCUT2D eigenvalue weighted by Crippen LogP contribution is 2.33. The van der Waals surface area contributed by atoms with Crippen LogP contribution in [0, 0.1) is 0 Å². The third-order valence-electron chi connectivity index (χ3n) is 2.43. The van der Waals surface area contributed by atoms with Crippen LogP contribution in [-0.2, 0) is 13.0 Å². The van der Waals surface area contributed by atoms with Gasteiger partial charge in [-0.3, -0.25) is 0 Å². The molecule has 0 aliphatic carbocycles. The maximum atomic E-state index is 9.41. The zero-order valence-electron chi connectivity index (χ0n) is 10.2. The van der Waals surface area contributed by atoms with E-state index in [2.05, 4.69) is 6.92 Å². The Hall–Kier alpha value is -1.22. The normalized spacial score (nSPS) is 10.2. The van der Waals surface area contributed by atoms with Gasteiger partial charge in [-0.05, 0) is 31.9 Å². The molecule has 16 heavy (non-hydrogen) atoms. The second-order valence-electron chi connectivity index (χ2n) is 3.41. The van der Waals surface area contributed by atoms with Crippen LogP contribution in [0.3, 0.4) is 0 Å². The van der Waals surface area contributed by atoms with Crippen LogP contribution in [0.1, 0.15) is 31.9 Å². The highest BCUT2D eigenvalue weighted by molar-refractivity contribution is 5.50. The Morgan fingerprint density at radius 2 is 1.75 bits per heavy atom. The smallest absolute Gasteiger partial charge is 0.131 e. The summed E-state index contributed by atoms with van der Waals surface area (Å²) in [5.41, 5.74) is 1.86. The standard InChI is InChI=1S/C13H20O3/c1-4-10-7-8-12(15-5-2)11(9-14)13(10)16-6-3/h7-8,14H,4-6,9H2,1-3H3.